The molecule has 1 aromatic carbocycles. The van der Waals surface area contributed by atoms with Crippen LogP contribution in [0.3, 0.4) is 0 Å². The van der Waals surface area contributed by atoms with E-state index >= 15 is 0 Å². The van der Waals surface area contributed by atoms with Crippen LogP contribution in [-0.4, -0.2) is 21.3 Å². The molecular weight excluding hydrogens is 186 g/mol. The minimum atomic E-state index is -0.933. The SMILES string of the molecule is Nc1cc(O)c(O)cc1CCC(=O)O. The summed E-state index contributed by atoms with van der Waals surface area (Å²) in [6.07, 6.45) is 0.170. The van der Waals surface area contributed by atoms with Crippen LogP contribution in [0.25, 0.3) is 0 Å². The average Bonchev–Trinajstić information content (AvgIpc) is 2.09. The second-order valence-electron chi connectivity index (χ2n) is 2.93. The molecule has 0 radical (unpaired) electrons. The summed E-state index contributed by atoms with van der Waals surface area (Å²) in [4.78, 5) is 10.3. The van der Waals surface area contributed by atoms with Crippen molar-refractivity contribution in [2.75, 3.05) is 5.73 Å². The number of benzene rings is 1. The van der Waals surface area contributed by atoms with Crippen molar-refractivity contribution in [1.29, 1.82) is 0 Å². The number of nitrogen functional groups attached to an aromatic ring is 1. The Morgan fingerprint density at radius 3 is 2.43 bits per heavy atom. The maximum Gasteiger partial charge on any atom is 0.303 e. The average molecular weight is 197 g/mol. The Bertz CT molecular complexity index is 362. The third-order valence-electron chi connectivity index (χ3n) is 1.84. The summed E-state index contributed by atoms with van der Waals surface area (Å²) < 4.78 is 0. The molecule has 0 spiro atoms. The molecule has 0 aromatic heterocycles. The summed E-state index contributed by atoms with van der Waals surface area (Å²) in [6.45, 7) is 0. The highest BCUT2D eigenvalue weighted by Crippen LogP contribution is 2.30. The molecule has 5 nitrogen and oxygen atoms in total. The van der Waals surface area contributed by atoms with E-state index in [1.807, 2.05) is 0 Å². The molecule has 5 N–H and O–H groups in total. The first-order valence-corrected chi connectivity index (χ1v) is 4.03. The molecule has 0 atom stereocenters. The van der Waals surface area contributed by atoms with Crippen molar-refractivity contribution >= 4 is 11.7 Å². The molecular formula is C9H11NO4. The molecule has 14 heavy (non-hydrogen) atoms. The van der Waals surface area contributed by atoms with Gasteiger partial charge in [-0.15, -0.1) is 0 Å². The molecule has 5 heteroatoms. The predicted molar refractivity (Wildman–Crippen MR) is 50.1 cm³/mol. The summed E-state index contributed by atoms with van der Waals surface area (Å²) in [5, 5.41) is 26.6. The number of hydrogen-bond acceptors (Lipinski definition) is 4. The van der Waals surface area contributed by atoms with Gasteiger partial charge in [-0.3, -0.25) is 4.79 Å². The van der Waals surface area contributed by atoms with Gasteiger partial charge in [0.15, 0.2) is 11.5 Å². The second kappa shape index (κ2) is 3.87. The van der Waals surface area contributed by atoms with Gasteiger partial charge in [-0.05, 0) is 18.1 Å². The largest absolute Gasteiger partial charge is 0.504 e. The summed E-state index contributed by atoms with van der Waals surface area (Å²) in [6, 6.07) is 2.47. The number of hydrogen-bond donors (Lipinski definition) is 4. The highest BCUT2D eigenvalue weighted by Gasteiger charge is 2.07. The van der Waals surface area contributed by atoms with E-state index in [1.54, 1.807) is 0 Å². The van der Waals surface area contributed by atoms with Gasteiger partial charge in [0.2, 0.25) is 0 Å². The van der Waals surface area contributed by atoms with E-state index in [2.05, 4.69) is 0 Å². The quantitative estimate of drug-likeness (QED) is 0.324. The van der Waals surface area contributed by atoms with Crippen LogP contribution in [0.4, 0.5) is 5.69 Å². The van der Waals surface area contributed by atoms with Crippen molar-refractivity contribution in [1.82, 2.24) is 0 Å². The number of rotatable bonds is 3. The van der Waals surface area contributed by atoms with Crippen LogP contribution in [0, 0.1) is 0 Å². The molecule has 1 rings (SSSR count). The topological polar surface area (TPSA) is 104 Å². The van der Waals surface area contributed by atoms with Crippen molar-refractivity contribution in [2.24, 2.45) is 0 Å². The lowest BCUT2D eigenvalue weighted by atomic mass is 10.1. The number of nitrogens with two attached hydrogens (primary N) is 1. The molecule has 0 aliphatic rings. The van der Waals surface area contributed by atoms with Gasteiger partial charge in [0, 0.05) is 18.2 Å². The van der Waals surface area contributed by atoms with Gasteiger partial charge in [-0.25, -0.2) is 0 Å². The van der Waals surface area contributed by atoms with E-state index < -0.39 is 5.97 Å². The fourth-order valence-electron chi connectivity index (χ4n) is 1.09. The van der Waals surface area contributed by atoms with Crippen LogP contribution in [0.15, 0.2) is 12.1 Å². The van der Waals surface area contributed by atoms with E-state index in [-0.39, 0.29) is 30.0 Å². The third kappa shape index (κ3) is 2.29. The fourth-order valence-corrected chi connectivity index (χ4v) is 1.09. The van der Waals surface area contributed by atoms with E-state index in [4.69, 9.17) is 21.1 Å². The van der Waals surface area contributed by atoms with E-state index in [1.165, 1.54) is 12.1 Å². The van der Waals surface area contributed by atoms with Crippen molar-refractivity contribution in [2.45, 2.75) is 12.8 Å². The predicted octanol–water partition coefficient (Wildman–Crippen LogP) is 0.697. The number of aliphatic carboxylic acids is 1. The lowest BCUT2D eigenvalue weighted by molar-refractivity contribution is -0.136. The monoisotopic (exact) mass is 197 g/mol. The molecule has 0 unspecified atom stereocenters. The molecule has 0 fully saturated rings. The Labute approximate surface area is 80.4 Å². The Morgan fingerprint density at radius 1 is 1.29 bits per heavy atom. The van der Waals surface area contributed by atoms with E-state index in [9.17, 15) is 4.79 Å². The van der Waals surface area contributed by atoms with Gasteiger partial charge >= 0.3 is 5.97 Å². The van der Waals surface area contributed by atoms with E-state index in [0.29, 0.717) is 5.56 Å². The van der Waals surface area contributed by atoms with Gasteiger partial charge in [0.25, 0.3) is 0 Å². The van der Waals surface area contributed by atoms with Crippen LogP contribution in [0.1, 0.15) is 12.0 Å². The third-order valence-corrected chi connectivity index (χ3v) is 1.84. The normalized spacial score (nSPS) is 10.0. The number of carbonyl (C=O) groups is 1. The van der Waals surface area contributed by atoms with Crippen molar-refractivity contribution in [3.05, 3.63) is 17.7 Å². The Kier molecular flexibility index (Phi) is 2.81. The first kappa shape index (κ1) is 10.2. The molecule has 0 amide bonds. The highest BCUT2D eigenvalue weighted by atomic mass is 16.4. The second-order valence-corrected chi connectivity index (χ2v) is 2.93. The summed E-state index contributed by atoms with van der Waals surface area (Å²) in [5.41, 5.74) is 6.31. The molecule has 0 aliphatic heterocycles. The Hall–Kier alpha value is -1.91. The van der Waals surface area contributed by atoms with Crippen LogP contribution < -0.4 is 5.73 Å². The number of phenolic OH excluding ortho intramolecular Hbond substituents is 2. The summed E-state index contributed by atoms with van der Waals surface area (Å²) >= 11 is 0. The fraction of sp³-hybridized carbons (Fsp3) is 0.222. The van der Waals surface area contributed by atoms with E-state index in [0.717, 1.165) is 0 Å². The highest BCUT2D eigenvalue weighted by molar-refractivity contribution is 5.68. The first-order chi connectivity index (χ1) is 6.50. The zero-order valence-corrected chi connectivity index (χ0v) is 7.40. The smallest absolute Gasteiger partial charge is 0.303 e. The maximum absolute atomic E-state index is 10.3. The van der Waals surface area contributed by atoms with Crippen LogP contribution in [-0.2, 0) is 11.2 Å². The molecule has 0 heterocycles. The summed E-state index contributed by atoms with van der Waals surface area (Å²) in [5.74, 6) is -1.53. The molecule has 0 bridgehead atoms. The minimum Gasteiger partial charge on any atom is -0.504 e. The molecule has 0 saturated heterocycles. The first-order valence-electron chi connectivity index (χ1n) is 4.03. The zero-order chi connectivity index (χ0) is 10.7. The van der Waals surface area contributed by atoms with Gasteiger partial charge in [-0.1, -0.05) is 0 Å². The number of carboxylic acids is 1. The van der Waals surface area contributed by atoms with Crippen molar-refractivity contribution < 1.29 is 20.1 Å². The van der Waals surface area contributed by atoms with Gasteiger partial charge in [-0.2, -0.15) is 0 Å². The van der Waals surface area contributed by atoms with Gasteiger partial charge < -0.3 is 21.1 Å². The van der Waals surface area contributed by atoms with Crippen LogP contribution in [0.5, 0.6) is 11.5 Å². The van der Waals surface area contributed by atoms with Gasteiger partial charge in [0.1, 0.15) is 0 Å². The lowest BCUT2D eigenvalue weighted by Gasteiger charge is -2.06. The minimum absolute atomic E-state index is 0.0611. The number of aromatic hydroxyl groups is 2. The van der Waals surface area contributed by atoms with Crippen LogP contribution >= 0.6 is 0 Å². The van der Waals surface area contributed by atoms with Gasteiger partial charge in [0.05, 0.1) is 0 Å². The Morgan fingerprint density at radius 2 is 1.86 bits per heavy atom. The molecule has 0 saturated carbocycles. The summed E-state index contributed by atoms with van der Waals surface area (Å²) in [7, 11) is 0. The maximum atomic E-state index is 10.3. The Balaban J connectivity index is 2.87. The number of phenols is 2. The molecule has 1 aromatic rings. The number of aryl methyl sites for hydroxylation is 1. The molecule has 0 aliphatic carbocycles. The van der Waals surface area contributed by atoms with Crippen LogP contribution in [0.2, 0.25) is 0 Å². The number of anilines is 1. The van der Waals surface area contributed by atoms with Crippen molar-refractivity contribution in [3.8, 4) is 11.5 Å². The zero-order valence-electron chi connectivity index (χ0n) is 7.40. The number of carboxylic acid groups (broad SMARTS) is 1. The molecule has 76 valence electrons. The van der Waals surface area contributed by atoms with Crippen molar-refractivity contribution in [3.63, 3.8) is 0 Å². The lowest BCUT2D eigenvalue weighted by Crippen LogP contribution is -2.00. The standard InChI is InChI=1S/C9H11NO4/c10-6-4-8(12)7(11)3-5(6)1-2-9(13)14/h3-4,11-12H,1-2,10H2,(H,13,14).